The molecule has 1 atom stereocenters. The van der Waals surface area contributed by atoms with E-state index in [1.165, 1.54) is 19.2 Å². The van der Waals surface area contributed by atoms with Gasteiger partial charge in [-0.25, -0.2) is 17.6 Å². The van der Waals surface area contributed by atoms with Crippen molar-refractivity contribution in [3.05, 3.63) is 89.2 Å². The first kappa shape index (κ1) is 22.8. The van der Waals surface area contributed by atoms with E-state index in [0.29, 0.717) is 17.7 Å². The molecule has 4 rings (SSSR count). The largest absolute Gasteiger partial charge is 0.465 e. The molecule has 6 nitrogen and oxygen atoms in total. The summed E-state index contributed by atoms with van der Waals surface area (Å²) in [5, 5.41) is 3.52. The van der Waals surface area contributed by atoms with Crippen molar-refractivity contribution < 1.29 is 22.3 Å². The molecule has 8 heteroatoms. The molecule has 33 heavy (non-hydrogen) atoms. The Bertz CT molecular complexity index is 1300. The second-order valence-corrected chi connectivity index (χ2v) is 10.4. The van der Waals surface area contributed by atoms with E-state index < -0.39 is 21.8 Å². The van der Waals surface area contributed by atoms with Gasteiger partial charge in [0.25, 0.3) is 10.0 Å². The summed E-state index contributed by atoms with van der Waals surface area (Å²) in [4.78, 5) is 11.9. The lowest BCUT2D eigenvalue weighted by atomic mass is 9.72. The van der Waals surface area contributed by atoms with Gasteiger partial charge < -0.3 is 10.1 Å². The number of anilines is 2. The minimum Gasteiger partial charge on any atom is -0.465 e. The molecule has 0 spiro atoms. The number of carbonyl (C=O) groups is 1. The number of carbonyl (C=O) groups excluding carboxylic acids is 1. The van der Waals surface area contributed by atoms with Crippen molar-refractivity contribution in [2.45, 2.75) is 31.2 Å². The van der Waals surface area contributed by atoms with Gasteiger partial charge in [-0.2, -0.15) is 0 Å². The smallest absolute Gasteiger partial charge is 0.337 e. The predicted octanol–water partition coefficient (Wildman–Crippen LogP) is 5.15. The first-order chi connectivity index (χ1) is 15.6. The van der Waals surface area contributed by atoms with Crippen LogP contribution in [0.2, 0.25) is 0 Å². The topological polar surface area (TPSA) is 84.5 Å². The molecular formula is C25H25FN2O4S. The number of halogens is 1. The number of sulfonamides is 1. The van der Waals surface area contributed by atoms with Crippen molar-refractivity contribution in [2.75, 3.05) is 17.1 Å². The van der Waals surface area contributed by atoms with Gasteiger partial charge in [-0.05, 0) is 71.5 Å². The van der Waals surface area contributed by atoms with Crippen molar-refractivity contribution >= 4 is 27.4 Å². The van der Waals surface area contributed by atoms with Crippen LogP contribution in [0.3, 0.4) is 0 Å². The number of esters is 1. The van der Waals surface area contributed by atoms with E-state index in [0.717, 1.165) is 28.9 Å². The first-order valence-electron chi connectivity index (χ1n) is 10.5. The highest BCUT2D eigenvalue weighted by atomic mass is 32.2. The van der Waals surface area contributed by atoms with E-state index in [4.69, 9.17) is 4.74 Å². The maximum atomic E-state index is 13.3. The van der Waals surface area contributed by atoms with Crippen LogP contribution >= 0.6 is 0 Å². The zero-order valence-corrected chi connectivity index (χ0v) is 19.4. The normalized spacial score (nSPS) is 16.9. The molecule has 0 saturated heterocycles. The molecule has 172 valence electrons. The lowest BCUT2D eigenvalue weighted by Gasteiger charge is -2.42. The third kappa shape index (κ3) is 4.57. The molecule has 2 N–H and O–H groups in total. The summed E-state index contributed by atoms with van der Waals surface area (Å²) in [6.45, 7) is 4.17. The number of para-hydroxylation sites is 1. The van der Waals surface area contributed by atoms with Gasteiger partial charge in [-0.1, -0.05) is 32.0 Å². The van der Waals surface area contributed by atoms with Crippen LogP contribution in [-0.2, 0) is 21.2 Å². The summed E-state index contributed by atoms with van der Waals surface area (Å²) < 4.78 is 46.6. The van der Waals surface area contributed by atoms with Crippen LogP contribution in [-0.4, -0.2) is 21.5 Å². The number of fused-ring (bicyclic) bond motifs is 1. The SMILES string of the molecule is COC(=O)c1ccc2c(c1)CC(C)(C)C(c1ccccc1NS(=O)(=O)c1ccc(F)cc1)N2. The summed E-state index contributed by atoms with van der Waals surface area (Å²) in [6, 6.07) is 17.1. The van der Waals surface area contributed by atoms with E-state index in [1.807, 2.05) is 24.3 Å². The van der Waals surface area contributed by atoms with E-state index in [-0.39, 0.29) is 16.4 Å². The van der Waals surface area contributed by atoms with Crippen molar-refractivity contribution in [3.63, 3.8) is 0 Å². The van der Waals surface area contributed by atoms with Crippen molar-refractivity contribution in [1.82, 2.24) is 0 Å². The third-order valence-electron chi connectivity index (χ3n) is 5.89. The highest BCUT2D eigenvalue weighted by molar-refractivity contribution is 7.92. The fraction of sp³-hybridized carbons (Fsp3) is 0.240. The highest BCUT2D eigenvalue weighted by Crippen LogP contribution is 2.47. The first-order valence-corrected chi connectivity index (χ1v) is 11.9. The third-order valence-corrected chi connectivity index (χ3v) is 7.28. The molecule has 0 aliphatic carbocycles. The quantitative estimate of drug-likeness (QED) is 0.506. The van der Waals surface area contributed by atoms with Crippen LogP contribution in [0.5, 0.6) is 0 Å². The molecular weight excluding hydrogens is 443 g/mol. The molecule has 1 heterocycles. The second kappa shape index (κ2) is 8.51. The summed E-state index contributed by atoms with van der Waals surface area (Å²) in [6.07, 6.45) is 0.671. The van der Waals surface area contributed by atoms with Crippen molar-refractivity contribution in [1.29, 1.82) is 0 Å². The Morgan fingerprint density at radius 2 is 1.79 bits per heavy atom. The Hall–Kier alpha value is -3.39. The summed E-state index contributed by atoms with van der Waals surface area (Å²) in [5.74, 6) is -0.894. The van der Waals surface area contributed by atoms with Gasteiger partial charge in [-0.3, -0.25) is 4.72 Å². The van der Waals surface area contributed by atoms with Crippen LogP contribution in [0.1, 0.15) is 41.4 Å². The average molecular weight is 469 g/mol. The molecule has 1 aliphatic rings. The molecule has 3 aromatic carbocycles. The lowest BCUT2D eigenvalue weighted by molar-refractivity contribution is 0.0600. The number of benzene rings is 3. The van der Waals surface area contributed by atoms with E-state index in [9.17, 15) is 17.6 Å². The number of rotatable bonds is 5. The molecule has 0 bridgehead atoms. The van der Waals surface area contributed by atoms with E-state index in [1.54, 1.807) is 18.2 Å². The van der Waals surface area contributed by atoms with Crippen molar-refractivity contribution in [3.8, 4) is 0 Å². The summed E-state index contributed by atoms with van der Waals surface area (Å²) in [5.41, 5.74) is 3.28. The van der Waals surface area contributed by atoms with Gasteiger partial charge in [0, 0.05) is 5.69 Å². The van der Waals surface area contributed by atoms with Crippen LogP contribution < -0.4 is 10.0 Å². The van der Waals surface area contributed by atoms with Gasteiger partial charge in [0.2, 0.25) is 0 Å². The zero-order valence-electron chi connectivity index (χ0n) is 18.6. The number of hydrogen-bond donors (Lipinski definition) is 2. The Balaban J connectivity index is 1.69. The maximum absolute atomic E-state index is 13.3. The van der Waals surface area contributed by atoms with Crippen LogP contribution in [0.15, 0.2) is 71.6 Å². The molecule has 1 unspecified atom stereocenters. The number of nitrogens with one attached hydrogen (secondary N) is 2. The molecule has 1 aliphatic heterocycles. The Kier molecular flexibility index (Phi) is 5.88. The van der Waals surface area contributed by atoms with Crippen LogP contribution in [0.25, 0.3) is 0 Å². The summed E-state index contributed by atoms with van der Waals surface area (Å²) >= 11 is 0. The molecule has 0 saturated carbocycles. The molecule has 3 aromatic rings. The van der Waals surface area contributed by atoms with Gasteiger partial charge in [-0.15, -0.1) is 0 Å². The second-order valence-electron chi connectivity index (χ2n) is 8.75. The van der Waals surface area contributed by atoms with Gasteiger partial charge in [0.15, 0.2) is 0 Å². The fourth-order valence-electron chi connectivity index (χ4n) is 4.23. The number of methoxy groups -OCH3 is 1. The average Bonchev–Trinajstić information content (AvgIpc) is 2.77. The predicted molar refractivity (Wildman–Crippen MR) is 125 cm³/mol. The Morgan fingerprint density at radius 1 is 1.09 bits per heavy atom. The maximum Gasteiger partial charge on any atom is 0.337 e. The Labute approximate surface area is 192 Å². The molecule has 0 amide bonds. The Morgan fingerprint density at radius 3 is 2.48 bits per heavy atom. The van der Waals surface area contributed by atoms with E-state index >= 15 is 0 Å². The minimum atomic E-state index is -3.90. The van der Waals surface area contributed by atoms with Crippen molar-refractivity contribution in [2.24, 2.45) is 5.41 Å². The summed E-state index contributed by atoms with van der Waals surface area (Å²) in [7, 11) is -2.55. The van der Waals surface area contributed by atoms with Crippen LogP contribution in [0.4, 0.5) is 15.8 Å². The number of hydrogen-bond acceptors (Lipinski definition) is 5. The minimum absolute atomic E-state index is 0.0183. The standard InChI is InChI=1S/C25H25FN2O4S/c1-25(2)15-17-14-16(24(29)32-3)8-13-21(17)27-23(25)20-6-4-5-7-22(20)28-33(30,31)19-11-9-18(26)10-12-19/h4-14,23,27-28H,15H2,1-3H3. The number of ether oxygens (including phenoxy) is 1. The zero-order chi connectivity index (χ0) is 23.8. The molecule has 0 aromatic heterocycles. The monoisotopic (exact) mass is 468 g/mol. The fourth-order valence-corrected chi connectivity index (χ4v) is 5.31. The van der Waals surface area contributed by atoms with Crippen LogP contribution in [0, 0.1) is 11.2 Å². The lowest BCUT2D eigenvalue weighted by Crippen LogP contribution is -2.35. The highest BCUT2D eigenvalue weighted by Gasteiger charge is 2.37. The molecule has 0 radical (unpaired) electrons. The van der Waals surface area contributed by atoms with Gasteiger partial charge in [0.1, 0.15) is 5.82 Å². The van der Waals surface area contributed by atoms with Gasteiger partial charge in [0.05, 0.1) is 29.3 Å². The van der Waals surface area contributed by atoms with Gasteiger partial charge >= 0.3 is 5.97 Å². The molecule has 0 fully saturated rings. The van der Waals surface area contributed by atoms with E-state index in [2.05, 4.69) is 23.9 Å².